The topological polar surface area (TPSA) is 50.3 Å². The molecule has 3 fully saturated rings. The molecule has 0 bridgehead atoms. The van der Waals surface area contributed by atoms with Crippen molar-refractivity contribution in [2.45, 2.75) is 24.8 Å². The Hall–Kier alpha value is -1.83. The summed E-state index contributed by atoms with van der Waals surface area (Å²) in [5.74, 6) is -0.0350. The van der Waals surface area contributed by atoms with Crippen LogP contribution in [0, 0.1) is 0 Å². The van der Waals surface area contributed by atoms with Crippen LogP contribution < -0.4 is 4.90 Å². The van der Waals surface area contributed by atoms with Crippen LogP contribution in [0.15, 0.2) is 24.3 Å². The van der Waals surface area contributed by atoms with Crippen LogP contribution in [0.2, 0.25) is 5.02 Å². The van der Waals surface area contributed by atoms with E-state index >= 15 is 0 Å². The number of hydrogen-bond donors (Lipinski definition) is 0. The fraction of sp³-hybridized carbons (Fsp3) is 0.636. The van der Waals surface area contributed by atoms with Crippen molar-refractivity contribution in [2.24, 2.45) is 0 Å². The van der Waals surface area contributed by atoms with Gasteiger partial charge in [-0.25, -0.2) is 4.79 Å². The summed E-state index contributed by atoms with van der Waals surface area (Å²) in [7, 11) is 3.36. The zero-order valence-electron chi connectivity index (χ0n) is 18.0. The van der Waals surface area contributed by atoms with Gasteiger partial charge in [0.1, 0.15) is 5.54 Å². The second kappa shape index (κ2) is 8.73. The van der Waals surface area contributed by atoms with Crippen LogP contribution in [-0.2, 0) is 4.79 Å². The number of piperidine rings is 1. The van der Waals surface area contributed by atoms with Gasteiger partial charge in [-0.15, -0.1) is 0 Å². The van der Waals surface area contributed by atoms with E-state index < -0.39 is 5.54 Å². The number of anilines is 1. The number of benzene rings is 1. The van der Waals surface area contributed by atoms with Crippen molar-refractivity contribution in [3.8, 4) is 0 Å². The molecule has 0 N–H and O–H groups in total. The summed E-state index contributed by atoms with van der Waals surface area (Å²) in [6.07, 6.45) is 2.60. The average Bonchev–Trinajstić information content (AvgIpc) is 2.92. The number of amides is 3. The molecule has 3 amide bonds. The predicted octanol–water partition coefficient (Wildman–Crippen LogP) is 2.21. The van der Waals surface area contributed by atoms with E-state index in [2.05, 4.69) is 20.8 Å². The maximum Gasteiger partial charge on any atom is 0.327 e. The molecule has 3 saturated heterocycles. The van der Waals surface area contributed by atoms with E-state index in [1.807, 2.05) is 18.2 Å². The second-order valence-corrected chi connectivity index (χ2v) is 9.18. The first-order valence-corrected chi connectivity index (χ1v) is 11.3. The number of halogens is 1. The normalized spacial score (nSPS) is 23.1. The first-order chi connectivity index (χ1) is 14.4. The standard InChI is InChI=1S/C22H32ClN5O2/c1-24-20(29)22(25(2)21(24)30)7-11-26(12-8-22)9-4-10-27-13-15-28(16-14-27)19-6-3-5-18(23)17-19/h3,5-6,17H,4,7-16H2,1-2H3. The molecule has 7 nitrogen and oxygen atoms in total. The van der Waals surface area contributed by atoms with Crippen molar-refractivity contribution in [1.82, 2.24) is 19.6 Å². The molecular formula is C22H32ClN5O2. The van der Waals surface area contributed by atoms with Crippen LogP contribution in [0.1, 0.15) is 19.3 Å². The molecule has 0 radical (unpaired) electrons. The van der Waals surface area contributed by atoms with Gasteiger partial charge in [0.05, 0.1) is 0 Å². The van der Waals surface area contributed by atoms with Crippen molar-refractivity contribution in [1.29, 1.82) is 0 Å². The van der Waals surface area contributed by atoms with Crippen molar-refractivity contribution < 1.29 is 9.59 Å². The highest BCUT2D eigenvalue weighted by Crippen LogP contribution is 2.35. The molecule has 164 valence electrons. The van der Waals surface area contributed by atoms with Crippen molar-refractivity contribution >= 4 is 29.2 Å². The number of likely N-dealkylation sites (N-methyl/N-ethyl adjacent to an activating group) is 2. The molecule has 3 heterocycles. The second-order valence-electron chi connectivity index (χ2n) is 8.74. The fourth-order valence-corrected chi connectivity index (χ4v) is 5.25. The first-order valence-electron chi connectivity index (χ1n) is 10.9. The summed E-state index contributed by atoms with van der Waals surface area (Å²) in [5, 5.41) is 0.791. The molecule has 8 heteroatoms. The van der Waals surface area contributed by atoms with Crippen molar-refractivity contribution in [3.05, 3.63) is 29.3 Å². The van der Waals surface area contributed by atoms with E-state index in [-0.39, 0.29) is 11.9 Å². The van der Waals surface area contributed by atoms with Gasteiger partial charge in [-0.05, 0) is 50.6 Å². The summed E-state index contributed by atoms with van der Waals surface area (Å²) >= 11 is 6.12. The van der Waals surface area contributed by atoms with Crippen LogP contribution in [0.5, 0.6) is 0 Å². The maximum atomic E-state index is 12.6. The third kappa shape index (κ3) is 4.03. The van der Waals surface area contributed by atoms with Crippen LogP contribution >= 0.6 is 11.6 Å². The number of likely N-dealkylation sites (tertiary alicyclic amines) is 1. The van der Waals surface area contributed by atoms with E-state index in [0.717, 1.165) is 76.6 Å². The quantitative estimate of drug-likeness (QED) is 0.666. The minimum Gasteiger partial charge on any atom is -0.369 e. The lowest BCUT2D eigenvalue weighted by Gasteiger charge is -2.41. The molecule has 0 unspecified atom stereocenters. The van der Waals surface area contributed by atoms with E-state index in [4.69, 9.17) is 11.6 Å². The number of rotatable bonds is 5. The lowest BCUT2D eigenvalue weighted by molar-refractivity contribution is -0.134. The van der Waals surface area contributed by atoms with Crippen LogP contribution in [-0.4, -0.2) is 104 Å². The van der Waals surface area contributed by atoms with Crippen LogP contribution in [0.25, 0.3) is 0 Å². The Morgan fingerprint density at radius 2 is 1.57 bits per heavy atom. The van der Waals surface area contributed by atoms with Gasteiger partial charge in [-0.1, -0.05) is 17.7 Å². The van der Waals surface area contributed by atoms with E-state index in [0.29, 0.717) is 0 Å². The number of urea groups is 1. The summed E-state index contributed by atoms with van der Waals surface area (Å²) < 4.78 is 0. The average molecular weight is 434 g/mol. The van der Waals surface area contributed by atoms with Crippen LogP contribution in [0.3, 0.4) is 0 Å². The zero-order valence-corrected chi connectivity index (χ0v) is 18.8. The first kappa shape index (κ1) is 21.4. The molecule has 4 rings (SSSR count). The Labute approximate surface area is 184 Å². The van der Waals surface area contributed by atoms with Gasteiger partial charge in [0.25, 0.3) is 5.91 Å². The number of hydrogen-bond acceptors (Lipinski definition) is 5. The largest absolute Gasteiger partial charge is 0.369 e. The maximum absolute atomic E-state index is 12.6. The Morgan fingerprint density at radius 3 is 2.13 bits per heavy atom. The van der Waals surface area contributed by atoms with Crippen molar-refractivity contribution in [2.75, 3.05) is 71.4 Å². The number of piperazine rings is 1. The zero-order chi connectivity index (χ0) is 21.3. The highest BCUT2D eigenvalue weighted by Gasteiger charge is 2.55. The highest BCUT2D eigenvalue weighted by molar-refractivity contribution is 6.30. The van der Waals surface area contributed by atoms with E-state index in [1.54, 1.807) is 19.0 Å². The highest BCUT2D eigenvalue weighted by atomic mass is 35.5. The summed E-state index contributed by atoms with van der Waals surface area (Å²) in [6, 6.07) is 7.92. The SMILES string of the molecule is CN1C(=O)N(C)C2(CCN(CCCN3CCN(c4cccc(Cl)c4)CC3)CC2)C1=O. The van der Waals surface area contributed by atoms with Gasteiger partial charge in [-0.3, -0.25) is 14.6 Å². The Morgan fingerprint density at radius 1 is 0.933 bits per heavy atom. The number of carbonyl (C=O) groups is 2. The summed E-state index contributed by atoms with van der Waals surface area (Å²) in [5.41, 5.74) is 0.596. The summed E-state index contributed by atoms with van der Waals surface area (Å²) in [4.78, 5) is 35.1. The minimum atomic E-state index is -0.612. The van der Waals surface area contributed by atoms with Gasteiger partial charge in [0, 0.05) is 64.1 Å². The minimum absolute atomic E-state index is 0.0350. The fourth-order valence-electron chi connectivity index (χ4n) is 5.07. The Bertz CT molecular complexity index is 787. The van der Waals surface area contributed by atoms with Crippen LogP contribution in [0.4, 0.5) is 10.5 Å². The molecule has 1 aromatic rings. The van der Waals surface area contributed by atoms with E-state index in [9.17, 15) is 9.59 Å². The lowest BCUT2D eigenvalue weighted by Crippen LogP contribution is -2.55. The number of imide groups is 1. The lowest BCUT2D eigenvalue weighted by atomic mass is 9.86. The third-order valence-corrected chi connectivity index (χ3v) is 7.33. The van der Waals surface area contributed by atoms with Gasteiger partial charge in [0.15, 0.2) is 0 Å². The molecule has 0 saturated carbocycles. The van der Waals surface area contributed by atoms with Gasteiger partial charge in [-0.2, -0.15) is 0 Å². The Kier molecular flexibility index (Phi) is 6.23. The molecular weight excluding hydrogens is 402 g/mol. The Balaban J connectivity index is 1.18. The molecule has 1 spiro atoms. The molecule has 0 atom stereocenters. The third-order valence-electron chi connectivity index (χ3n) is 7.10. The number of carbonyl (C=O) groups excluding carboxylic acids is 2. The predicted molar refractivity (Wildman–Crippen MR) is 119 cm³/mol. The molecule has 3 aliphatic rings. The van der Waals surface area contributed by atoms with Gasteiger partial charge >= 0.3 is 6.03 Å². The molecule has 0 aliphatic carbocycles. The molecule has 3 aliphatic heterocycles. The van der Waals surface area contributed by atoms with E-state index in [1.165, 1.54) is 10.6 Å². The van der Waals surface area contributed by atoms with Crippen molar-refractivity contribution in [3.63, 3.8) is 0 Å². The molecule has 1 aromatic carbocycles. The van der Waals surface area contributed by atoms with Gasteiger partial charge < -0.3 is 14.7 Å². The molecule has 0 aromatic heterocycles. The summed E-state index contributed by atoms with van der Waals surface area (Å²) in [6.45, 7) is 8.11. The monoisotopic (exact) mass is 433 g/mol. The number of nitrogens with zero attached hydrogens (tertiary/aromatic N) is 5. The smallest absolute Gasteiger partial charge is 0.327 e. The van der Waals surface area contributed by atoms with Gasteiger partial charge in [0.2, 0.25) is 0 Å². The molecule has 30 heavy (non-hydrogen) atoms.